The van der Waals surface area contributed by atoms with Gasteiger partial charge < -0.3 is 14.4 Å². The van der Waals surface area contributed by atoms with Gasteiger partial charge in [0.2, 0.25) is 0 Å². The molecule has 1 amide bonds. The maximum absolute atomic E-state index is 13.8. The van der Waals surface area contributed by atoms with Crippen LogP contribution in [0.2, 0.25) is 0 Å². The van der Waals surface area contributed by atoms with Gasteiger partial charge in [0, 0.05) is 26.2 Å². The summed E-state index contributed by atoms with van der Waals surface area (Å²) < 4.78 is 25.3. The van der Waals surface area contributed by atoms with Crippen LogP contribution in [0.1, 0.15) is 43.6 Å². The summed E-state index contributed by atoms with van der Waals surface area (Å²) in [4.78, 5) is 16.3. The summed E-state index contributed by atoms with van der Waals surface area (Å²) in [5.41, 5.74) is 1.04. The molecule has 0 radical (unpaired) electrons. The lowest BCUT2D eigenvalue weighted by molar-refractivity contribution is -0.0908. The number of morpholine rings is 1. The van der Waals surface area contributed by atoms with Crippen molar-refractivity contribution in [2.75, 3.05) is 32.8 Å². The van der Waals surface area contributed by atoms with Gasteiger partial charge in [0.25, 0.3) is 0 Å². The smallest absolute Gasteiger partial charge is 0.410 e. The van der Waals surface area contributed by atoms with E-state index in [0.29, 0.717) is 31.8 Å². The van der Waals surface area contributed by atoms with Gasteiger partial charge in [-0.25, -0.2) is 9.18 Å². The maximum Gasteiger partial charge on any atom is 0.410 e. The summed E-state index contributed by atoms with van der Waals surface area (Å²) in [6, 6.07) is 5.08. The van der Waals surface area contributed by atoms with E-state index in [1.54, 1.807) is 17.9 Å². The van der Waals surface area contributed by atoms with Gasteiger partial charge in [0.05, 0.1) is 24.3 Å². The predicted octanol–water partition coefficient (Wildman–Crippen LogP) is 3.00. The summed E-state index contributed by atoms with van der Waals surface area (Å²) in [6.07, 6.45) is -0.501. The first-order chi connectivity index (χ1) is 12.7. The largest absolute Gasteiger partial charge is 0.444 e. The number of carbonyl (C=O) groups excluding carboxylic acids is 1. The number of nitriles is 1. The Morgan fingerprint density at radius 1 is 1.33 bits per heavy atom. The number of halogens is 1. The van der Waals surface area contributed by atoms with E-state index in [9.17, 15) is 14.4 Å². The number of rotatable bonds is 1. The van der Waals surface area contributed by atoms with Crippen LogP contribution in [0.25, 0.3) is 0 Å². The molecule has 2 fully saturated rings. The van der Waals surface area contributed by atoms with Crippen LogP contribution in [0, 0.1) is 24.1 Å². The highest BCUT2D eigenvalue weighted by Gasteiger charge is 2.37. The van der Waals surface area contributed by atoms with E-state index in [4.69, 9.17) is 9.47 Å². The van der Waals surface area contributed by atoms with Crippen molar-refractivity contribution in [2.24, 2.45) is 0 Å². The molecule has 1 aromatic rings. The number of amides is 1. The Hall–Kier alpha value is -2.17. The van der Waals surface area contributed by atoms with Crippen LogP contribution in [0.15, 0.2) is 12.1 Å². The van der Waals surface area contributed by atoms with Crippen molar-refractivity contribution < 1.29 is 18.7 Å². The molecule has 7 heteroatoms. The molecule has 0 bridgehead atoms. The number of hydrogen-bond acceptors (Lipinski definition) is 5. The molecular weight excluding hydrogens is 349 g/mol. The van der Waals surface area contributed by atoms with Crippen molar-refractivity contribution in [2.45, 2.75) is 45.4 Å². The van der Waals surface area contributed by atoms with Crippen LogP contribution in [0.4, 0.5) is 9.18 Å². The fraction of sp³-hybridized carbons (Fsp3) is 0.600. The molecule has 0 aliphatic carbocycles. The summed E-state index contributed by atoms with van der Waals surface area (Å²) in [5, 5.41) is 9.18. The highest BCUT2D eigenvalue weighted by Crippen LogP contribution is 2.31. The molecule has 27 heavy (non-hydrogen) atoms. The standard InChI is InChI=1S/C20H26FN3O3/c1-13-15(5-6-17(21)16(13)9-22)18-11-23-7-8-24(10-14(23)12-26-18)19(25)27-20(2,3)4/h5-6,14,18H,7-8,10-12H2,1-4H3/t14-,18+/m1/s1. The Balaban J connectivity index is 1.67. The molecule has 2 saturated heterocycles. The number of nitrogens with zero attached hydrogens (tertiary/aromatic N) is 3. The fourth-order valence-electron chi connectivity index (χ4n) is 3.65. The van der Waals surface area contributed by atoms with Gasteiger partial charge in [-0.2, -0.15) is 5.26 Å². The van der Waals surface area contributed by atoms with E-state index in [1.165, 1.54) is 6.07 Å². The van der Waals surface area contributed by atoms with Gasteiger partial charge in [0.1, 0.15) is 17.5 Å². The molecular formula is C20H26FN3O3. The number of hydrogen-bond donors (Lipinski definition) is 0. The average Bonchev–Trinajstić information content (AvgIpc) is 2.60. The van der Waals surface area contributed by atoms with Crippen molar-refractivity contribution in [3.05, 3.63) is 34.6 Å². The summed E-state index contributed by atoms with van der Waals surface area (Å²) >= 11 is 0. The Labute approximate surface area is 159 Å². The third kappa shape index (κ3) is 4.23. The van der Waals surface area contributed by atoms with Crippen molar-refractivity contribution >= 4 is 6.09 Å². The van der Waals surface area contributed by atoms with Crippen LogP contribution in [0.5, 0.6) is 0 Å². The molecule has 0 unspecified atom stereocenters. The topological polar surface area (TPSA) is 65.8 Å². The van der Waals surface area contributed by atoms with Gasteiger partial charge in [0.15, 0.2) is 0 Å². The van der Waals surface area contributed by atoms with E-state index >= 15 is 0 Å². The van der Waals surface area contributed by atoms with Crippen LogP contribution in [-0.4, -0.2) is 60.3 Å². The van der Waals surface area contributed by atoms with E-state index < -0.39 is 11.4 Å². The van der Waals surface area contributed by atoms with Crippen LogP contribution >= 0.6 is 0 Å². The SMILES string of the molecule is Cc1c([C@@H]2CN3CCN(C(=O)OC(C)(C)C)C[C@@H]3CO2)ccc(F)c1C#N. The Morgan fingerprint density at radius 3 is 2.74 bits per heavy atom. The lowest BCUT2D eigenvalue weighted by Crippen LogP contribution is -2.60. The van der Waals surface area contributed by atoms with E-state index in [-0.39, 0.29) is 23.8 Å². The van der Waals surface area contributed by atoms with Crippen LogP contribution in [-0.2, 0) is 9.47 Å². The zero-order valence-electron chi connectivity index (χ0n) is 16.3. The van der Waals surface area contributed by atoms with Crippen molar-refractivity contribution in [1.82, 2.24) is 9.80 Å². The molecule has 1 aromatic carbocycles. The number of carbonyl (C=O) groups is 1. The minimum absolute atomic E-state index is 0.0768. The molecule has 2 heterocycles. The van der Waals surface area contributed by atoms with Gasteiger partial charge >= 0.3 is 6.09 Å². The Bertz CT molecular complexity index is 769. The second-order valence-corrected chi connectivity index (χ2v) is 8.15. The van der Waals surface area contributed by atoms with Gasteiger partial charge in [-0.1, -0.05) is 6.07 Å². The predicted molar refractivity (Wildman–Crippen MR) is 97.7 cm³/mol. The molecule has 0 aromatic heterocycles. The zero-order chi connectivity index (χ0) is 19.8. The fourth-order valence-corrected chi connectivity index (χ4v) is 3.65. The minimum Gasteiger partial charge on any atom is -0.444 e. The Morgan fingerprint density at radius 2 is 2.07 bits per heavy atom. The van der Waals surface area contributed by atoms with Crippen molar-refractivity contribution in [3.8, 4) is 6.07 Å². The monoisotopic (exact) mass is 375 g/mol. The average molecular weight is 375 g/mol. The molecule has 6 nitrogen and oxygen atoms in total. The van der Waals surface area contributed by atoms with Crippen molar-refractivity contribution in [3.63, 3.8) is 0 Å². The minimum atomic E-state index is -0.513. The molecule has 0 spiro atoms. The molecule has 2 atom stereocenters. The normalized spacial score (nSPS) is 23.5. The van der Waals surface area contributed by atoms with Crippen LogP contribution < -0.4 is 0 Å². The van der Waals surface area contributed by atoms with Gasteiger partial charge in [-0.05, 0) is 44.9 Å². The number of piperazine rings is 1. The highest BCUT2D eigenvalue weighted by molar-refractivity contribution is 5.68. The van der Waals surface area contributed by atoms with E-state index in [0.717, 1.165) is 12.1 Å². The zero-order valence-corrected chi connectivity index (χ0v) is 16.3. The lowest BCUT2D eigenvalue weighted by atomic mass is 9.96. The summed E-state index contributed by atoms with van der Waals surface area (Å²) in [6.45, 7) is 10.4. The second-order valence-electron chi connectivity index (χ2n) is 8.15. The molecule has 0 saturated carbocycles. The third-order valence-corrected chi connectivity index (χ3v) is 5.06. The number of ether oxygens (including phenoxy) is 2. The highest BCUT2D eigenvalue weighted by atomic mass is 19.1. The summed E-state index contributed by atoms with van der Waals surface area (Å²) in [5.74, 6) is -0.501. The Kier molecular flexibility index (Phi) is 5.41. The molecule has 0 N–H and O–H groups in total. The first-order valence-corrected chi connectivity index (χ1v) is 9.22. The van der Waals surface area contributed by atoms with Crippen molar-refractivity contribution in [1.29, 1.82) is 5.26 Å². The summed E-state index contributed by atoms with van der Waals surface area (Å²) in [7, 11) is 0. The second kappa shape index (κ2) is 7.45. The number of fused-ring (bicyclic) bond motifs is 1. The molecule has 146 valence electrons. The third-order valence-electron chi connectivity index (χ3n) is 5.06. The maximum atomic E-state index is 13.8. The lowest BCUT2D eigenvalue weighted by Gasteiger charge is -2.46. The van der Waals surface area contributed by atoms with E-state index in [1.807, 2.05) is 26.8 Å². The molecule has 3 rings (SSSR count). The first kappa shape index (κ1) is 19.6. The van der Waals surface area contributed by atoms with Gasteiger partial charge in [-0.3, -0.25) is 4.90 Å². The van der Waals surface area contributed by atoms with Crippen LogP contribution in [0.3, 0.4) is 0 Å². The molecule has 2 aliphatic heterocycles. The first-order valence-electron chi connectivity index (χ1n) is 9.22. The molecule has 2 aliphatic rings. The van der Waals surface area contributed by atoms with E-state index in [2.05, 4.69) is 4.90 Å². The quantitative estimate of drug-likeness (QED) is 0.755. The van der Waals surface area contributed by atoms with Gasteiger partial charge in [-0.15, -0.1) is 0 Å². The number of benzene rings is 1.